The molecule has 0 unspecified atom stereocenters. The lowest BCUT2D eigenvalue weighted by Crippen LogP contribution is -2.44. The van der Waals surface area contributed by atoms with Crippen molar-refractivity contribution in [2.24, 2.45) is 23.2 Å². The third kappa shape index (κ3) is 2.12. The summed E-state index contributed by atoms with van der Waals surface area (Å²) in [5.41, 5.74) is 2.96. The molecule has 1 aromatic rings. The molecule has 3 aliphatic rings. The second-order valence-electron chi connectivity index (χ2n) is 7.99. The fourth-order valence-corrected chi connectivity index (χ4v) is 6.09. The van der Waals surface area contributed by atoms with Gasteiger partial charge in [-0.1, -0.05) is 13.0 Å². The van der Waals surface area contributed by atoms with Crippen LogP contribution in [0.25, 0.3) is 0 Å². The van der Waals surface area contributed by atoms with Crippen LogP contribution in [-0.4, -0.2) is 18.2 Å². The summed E-state index contributed by atoms with van der Waals surface area (Å²) in [4.78, 5) is 11.7. The van der Waals surface area contributed by atoms with Gasteiger partial charge in [-0.2, -0.15) is 0 Å². The van der Waals surface area contributed by atoms with Gasteiger partial charge in [-0.3, -0.25) is 4.79 Å². The third-order valence-corrected chi connectivity index (χ3v) is 7.23. The minimum absolute atomic E-state index is 0.0109. The van der Waals surface area contributed by atoms with Crippen molar-refractivity contribution in [3.05, 3.63) is 29.3 Å². The molecule has 2 fully saturated rings. The molecule has 3 nitrogen and oxygen atoms in total. The molecule has 1 aromatic carbocycles. The van der Waals surface area contributed by atoms with Crippen molar-refractivity contribution in [1.82, 2.24) is 0 Å². The fraction of sp³-hybridized carbons (Fsp3) is 0.650. The average Bonchev–Trinajstić information content (AvgIpc) is 2.91. The van der Waals surface area contributed by atoms with Crippen LogP contribution in [0.15, 0.2) is 18.2 Å². The van der Waals surface area contributed by atoms with Crippen LogP contribution in [-0.2, 0) is 11.2 Å². The van der Waals surface area contributed by atoms with Gasteiger partial charge in [0.1, 0.15) is 5.75 Å². The molecule has 3 aliphatic carbocycles. The molecular weight excluding hydrogens is 288 g/mol. The van der Waals surface area contributed by atoms with E-state index in [4.69, 9.17) is 4.74 Å². The molecular formula is C20H26O3. The van der Waals surface area contributed by atoms with Crippen molar-refractivity contribution in [2.75, 3.05) is 7.11 Å². The maximum absolute atomic E-state index is 11.7. The maximum atomic E-state index is 11.7. The van der Waals surface area contributed by atoms with Gasteiger partial charge in [0.05, 0.1) is 13.0 Å². The molecule has 2 saturated carbocycles. The molecule has 23 heavy (non-hydrogen) atoms. The van der Waals surface area contributed by atoms with Gasteiger partial charge >= 0.3 is 5.97 Å². The number of fused-ring (bicyclic) bond motifs is 5. The maximum Gasteiger partial charge on any atom is 0.307 e. The highest BCUT2D eigenvalue weighted by Gasteiger charge is 2.56. The Balaban J connectivity index is 1.66. The number of carboxylic acid groups (broad SMARTS) is 1. The lowest BCUT2D eigenvalue weighted by Gasteiger charge is -2.50. The van der Waals surface area contributed by atoms with E-state index in [0.29, 0.717) is 17.8 Å². The van der Waals surface area contributed by atoms with Crippen LogP contribution in [0.4, 0.5) is 0 Å². The van der Waals surface area contributed by atoms with Gasteiger partial charge < -0.3 is 9.84 Å². The van der Waals surface area contributed by atoms with E-state index in [1.54, 1.807) is 7.11 Å². The predicted molar refractivity (Wildman–Crippen MR) is 88.7 cm³/mol. The summed E-state index contributed by atoms with van der Waals surface area (Å²) in [6.07, 6.45) is 6.48. The highest BCUT2D eigenvalue weighted by atomic mass is 16.5. The van der Waals surface area contributed by atoms with Crippen molar-refractivity contribution < 1.29 is 14.6 Å². The largest absolute Gasteiger partial charge is 0.497 e. The quantitative estimate of drug-likeness (QED) is 0.887. The number of methoxy groups -OCH3 is 1. The number of rotatable bonds is 2. The number of hydrogen-bond donors (Lipinski definition) is 1. The summed E-state index contributed by atoms with van der Waals surface area (Å²) >= 11 is 0. The summed E-state index contributed by atoms with van der Waals surface area (Å²) in [7, 11) is 1.73. The van der Waals surface area contributed by atoms with Gasteiger partial charge in [0.25, 0.3) is 0 Å². The van der Waals surface area contributed by atoms with Gasteiger partial charge in [-0.15, -0.1) is 0 Å². The SMILES string of the molecule is COc1ccc2c(c1)CC[C@@H]1[C@@H]2CC[C@@]2(C)[C@@H]1CC[C@H]2C(=O)O. The van der Waals surface area contributed by atoms with Crippen LogP contribution in [0, 0.1) is 23.2 Å². The van der Waals surface area contributed by atoms with Crippen LogP contribution >= 0.6 is 0 Å². The Morgan fingerprint density at radius 1 is 1.26 bits per heavy atom. The van der Waals surface area contributed by atoms with Crippen molar-refractivity contribution in [3.63, 3.8) is 0 Å². The number of benzene rings is 1. The lowest BCUT2D eigenvalue weighted by atomic mass is 9.54. The number of carboxylic acids is 1. The number of aliphatic carboxylic acids is 1. The van der Waals surface area contributed by atoms with E-state index >= 15 is 0 Å². The fourth-order valence-electron chi connectivity index (χ4n) is 6.09. The third-order valence-electron chi connectivity index (χ3n) is 7.23. The molecule has 0 heterocycles. The molecule has 4 rings (SSSR count). The average molecular weight is 314 g/mol. The monoisotopic (exact) mass is 314 g/mol. The summed E-state index contributed by atoms with van der Waals surface area (Å²) < 4.78 is 5.38. The zero-order chi connectivity index (χ0) is 16.2. The molecule has 0 bridgehead atoms. The van der Waals surface area contributed by atoms with Crippen molar-refractivity contribution in [3.8, 4) is 5.75 Å². The molecule has 3 heteroatoms. The highest BCUT2D eigenvalue weighted by Crippen LogP contribution is 2.63. The molecule has 0 amide bonds. The van der Waals surface area contributed by atoms with Gasteiger partial charge in [0.15, 0.2) is 0 Å². The van der Waals surface area contributed by atoms with Gasteiger partial charge in [0.2, 0.25) is 0 Å². The first kappa shape index (κ1) is 15.0. The first-order valence-corrected chi connectivity index (χ1v) is 8.94. The van der Waals surface area contributed by atoms with Crippen molar-refractivity contribution in [1.29, 1.82) is 0 Å². The van der Waals surface area contributed by atoms with E-state index < -0.39 is 5.97 Å². The van der Waals surface area contributed by atoms with E-state index in [1.165, 1.54) is 17.5 Å². The Bertz CT molecular complexity index is 638. The zero-order valence-corrected chi connectivity index (χ0v) is 14.0. The summed E-state index contributed by atoms with van der Waals surface area (Å²) in [6, 6.07) is 6.55. The minimum atomic E-state index is -0.575. The second-order valence-corrected chi connectivity index (χ2v) is 7.99. The molecule has 0 aromatic heterocycles. The molecule has 0 saturated heterocycles. The zero-order valence-electron chi connectivity index (χ0n) is 14.0. The van der Waals surface area contributed by atoms with E-state index in [2.05, 4.69) is 25.1 Å². The van der Waals surface area contributed by atoms with E-state index in [-0.39, 0.29) is 11.3 Å². The number of hydrogen-bond acceptors (Lipinski definition) is 2. The summed E-state index contributed by atoms with van der Waals surface area (Å²) in [5, 5.41) is 9.61. The van der Waals surface area contributed by atoms with Crippen molar-refractivity contribution >= 4 is 5.97 Å². The van der Waals surface area contributed by atoms with E-state index in [0.717, 1.165) is 37.9 Å². The molecule has 0 aliphatic heterocycles. The highest BCUT2D eigenvalue weighted by molar-refractivity contribution is 5.71. The topological polar surface area (TPSA) is 46.5 Å². The molecule has 0 radical (unpaired) electrons. The lowest BCUT2D eigenvalue weighted by molar-refractivity contribution is -0.147. The Morgan fingerprint density at radius 2 is 2.09 bits per heavy atom. The van der Waals surface area contributed by atoms with E-state index in [1.807, 2.05) is 0 Å². The number of carbonyl (C=O) groups is 1. The Hall–Kier alpha value is -1.51. The second kappa shape index (κ2) is 5.25. The van der Waals surface area contributed by atoms with Crippen LogP contribution in [0.3, 0.4) is 0 Å². The van der Waals surface area contributed by atoms with Gasteiger partial charge in [0, 0.05) is 0 Å². The smallest absolute Gasteiger partial charge is 0.307 e. The first-order valence-electron chi connectivity index (χ1n) is 8.94. The number of ether oxygens (including phenoxy) is 1. The Morgan fingerprint density at radius 3 is 2.83 bits per heavy atom. The van der Waals surface area contributed by atoms with Crippen LogP contribution in [0.1, 0.15) is 56.1 Å². The normalized spacial score (nSPS) is 38.3. The summed E-state index contributed by atoms with van der Waals surface area (Å²) in [5.74, 6) is 2.11. The van der Waals surface area contributed by atoms with E-state index in [9.17, 15) is 9.90 Å². The molecule has 0 spiro atoms. The molecule has 124 valence electrons. The van der Waals surface area contributed by atoms with Crippen LogP contribution in [0.5, 0.6) is 5.75 Å². The Labute approximate surface area is 138 Å². The predicted octanol–water partition coefficient (Wildman–Crippen LogP) is 4.25. The minimum Gasteiger partial charge on any atom is -0.497 e. The molecule has 1 N–H and O–H groups in total. The standard InChI is InChI=1S/C20H26O3/c1-20-10-9-15-14-6-4-13(23-2)11-12(14)3-5-16(15)17(20)7-8-18(20)19(21)22/h4,6,11,15-18H,3,5,7-10H2,1-2H3,(H,21,22)/t15-,16-,17-,18+,20+/m1/s1. The van der Waals surface area contributed by atoms with Crippen molar-refractivity contribution in [2.45, 2.75) is 51.4 Å². The summed E-state index contributed by atoms with van der Waals surface area (Å²) in [6.45, 7) is 2.25. The number of aryl methyl sites for hydroxylation is 1. The van der Waals surface area contributed by atoms with Gasteiger partial charge in [-0.05, 0) is 85.0 Å². The molecule has 5 atom stereocenters. The Kier molecular flexibility index (Phi) is 3.44. The van der Waals surface area contributed by atoms with Crippen LogP contribution < -0.4 is 4.74 Å². The van der Waals surface area contributed by atoms with Crippen LogP contribution in [0.2, 0.25) is 0 Å². The first-order chi connectivity index (χ1) is 11.0. The van der Waals surface area contributed by atoms with Gasteiger partial charge in [-0.25, -0.2) is 0 Å².